The average molecular weight is 327 g/mol. The minimum Gasteiger partial charge on any atom is -0.484 e. The molecule has 0 spiro atoms. The van der Waals surface area contributed by atoms with Crippen LogP contribution in [0.3, 0.4) is 0 Å². The Morgan fingerprint density at radius 3 is 2.50 bits per heavy atom. The zero-order valence-corrected chi connectivity index (χ0v) is 13.9. The van der Waals surface area contributed by atoms with Crippen LogP contribution in [0.4, 0.5) is 0 Å². The fraction of sp³-hybridized carbons (Fsp3) is 0.263. The molecule has 0 N–H and O–H groups in total. The van der Waals surface area contributed by atoms with Crippen LogP contribution >= 0.6 is 0 Å². The average Bonchev–Trinajstić information content (AvgIpc) is 2.61. The van der Waals surface area contributed by atoms with E-state index < -0.39 is 5.97 Å². The van der Waals surface area contributed by atoms with Crippen molar-refractivity contribution >= 4 is 11.9 Å². The number of hydrogen-bond donors (Lipinski definition) is 0. The summed E-state index contributed by atoms with van der Waals surface area (Å²) in [6, 6.07) is 16.4. The highest BCUT2D eigenvalue weighted by Crippen LogP contribution is 2.14. The molecule has 0 aliphatic carbocycles. The predicted molar refractivity (Wildman–Crippen MR) is 90.8 cm³/mol. The van der Waals surface area contributed by atoms with Crippen LogP contribution < -0.4 is 4.74 Å². The summed E-state index contributed by atoms with van der Waals surface area (Å²) in [5.41, 5.74) is 1.46. The number of likely N-dealkylation sites (N-methyl/N-ethyl adjacent to an activating group) is 1. The van der Waals surface area contributed by atoms with Gasteiger partial charge < -0.3 is 14.4 Å². The fourth-order valence-corrected chi connectivity index (χ4v) is 2.13. The quantitative estimate of drug-likeness (QED) is 0.734. The largest absolute Gasteiger partial charge is 0.484 e. The molecule has 0 radical (unpaired) electrons. The van der Waals surface area contributed by atoms with Gasteiger partial charge in [0.2, 0.25) is 0 Å². The summed E-state index contributed by atoms with van der Waals surface area (Å²) in [6.45, 7) is 2.49. The molecule has 2 aromatic rings. The number of carbonyl (C=O) groups excluding carboxylic acids is 2. The highest BCUT2D eigenvalue weighted by atomic mass is 16.5. The van der Waals surface area contributed by atoms with Crippen LogP contribution in [0.1, 0.15) is 22.8 Å². The summed E-state index contributed by atoms with van der Waals surface area (Å²) in [6.07, 6.45) is 0. The molecule has 0 atom stereocenters. The Balaban J connectivity index is 1.89. The Kier molecular flexibility index (Phi) is 6.37. The van der Waals surface area contributed by atoms with Crippen LogP contribution in [0.15, 0.2) is 54.6 Å². The maximum absolute atomic E-state index is 12.2. The third kappa shape index (κ3) is 5.12. The lowest BCUT2D eigenvalue weighted by atomic mass is 10.2. The Hall–Kier alpha value is -2.82. The van der Waals surface area contributed by atoms with Crippen molar-refractivity contribution in [2.24, 2.45) is 0 Å². The SMILES string of the molecule is CCOC(=O)c1cccc(OCC(=O)N(C)Cc2ccccc2)c1. The van der Waals surface area contributed by atoms with Gasteiger partial charge in [0.15, 0.2) is 6.61 Å². The van der Waals surface area contributed by atoms with Gasteiger partial charge in [0.05, 0.1) is 12.2 Å². The van der Waals surface area contributed by atoms with E-state index in [1.807, 2.05) is 30.3 Å². The summed E-state index contributed by atoms with van der Waals surface area (Å²) in [4.78, 5) is 25.4. The molecule has 0 aliphatic rings. The number of carbonyl (C=O) groups is 2. The summed E-state index contributed by atoms with van der Waals surface area (Å²) in [5.74, 6) is -0.0853. The molecule has 5 nitrogen and oxygen atoms in total. The van der Waals surface area contributed by atoms with E-state index in [1.165, 1.54) is 0 Å². The molecule has 24 heavy (non-hydrogen) atoms. The smallest absolute Gasteiger partial charge is 0.338 e. The highest BCUT2D eigenvalue weighted by Gasteiger charge is 2.11. The van der Waals surface area contributed by atoms with E-state index in [1.54, 1.807) is 43.1 Å². The highest BCUT2D eigenvalue weighted by molar-refractivity contribution is 5.89. The number of ether oxygens (including phenoxy) is 2. The lowest BCUT2D eigenvalue weighted by Gasteiger charge is -2.17. The molecule has 0 unspecified atom stereocenters. The summed E-state index contributed by atoms with van der Waals surface area (Å²) < 4.78 is 10.4. The van der Waals surface area contributed by atoms with Crippen molar-refractivity contribution in [1.82, 2.24) is 4.90 Å². The monoisotopic (exact) mass is 327 g/mol. The molecule has 2 aromatic carbocycles. The third-order valence-corrected chi connectivity index (χ3v) is 3.40. The van der Waals surface area contributed by atoms with Crippen molar-refractivity contribution in [3.05, 3.63) is 65.7 Å². The van der Waals surface area contributed by atoms with Gasteiger partial charge in [-0.05, 0) is 30.7 Å². The molecule has 5 heteroatoms. The molecule has 0 aromatic heterocycles. The van der Waals surface area contributed by atoms with E-state index in [0.29, 0.717) is 24.5 Å². The zero-order chi connectivity index (χ0) is 17.4. The second-order valence-electron chi connectivity index (χ2n) is 5.27. The van der Waals surface area contributed by atoms with Gasteiger partial charge in [-0.25, -0.2) is 4.79 Å². The molecule has 2 rings (SSSR count). The summed E-state index contributed by atoms with van der Waals surface area (Å²) in [5, 5.41) is 0. The van der Waals surface area contributed by atoms with E-state index in [2.05, 4.69) is 0 Å². The first-order chi connectivity index (χ1) is 11.6. The van der Waals surface area contributed by atoms with Crippen molar-refractivity contribution in [3.8, 4) is 5.75 Å². The topological polar surface area (TPSA) is 55.8 Å². The van der Waals surface area contributed by atoms with Gasteiger partial charge in [-0.2, -0.15) is 0 Å². The Morgan fingerprint density at radius 1 is 1.04 bits per heavy atom. The van der Waals surface area contributed by atoms with Crippen LogP contribution in [0.25, 0.3) is 0 Å². The second kappa shape index (κ2) is 8.72. The minimum absolute atomic E-state index is 0.0877. The number of hydrogen-bond acceptors (Lipinski definition) is 4. The van der Waals surface area contributed by atoms with Crippen molar-refractivity contribution in [2.45, 2.75) is 13.5 Å². The maximum Gasteiger partial charge on any atom is 0.338 e. The lowest BCUT2D eigenvalue weighted by molar-refractivity contribution is -0.132. The molecule has 1 amide bonds. The molecule has 0 bridgehead atoms. The fourth-order valence-electron chi connectivity index (χ4n) is 2.13. The van der Waals surface area contributed by atoms with E-state index >= 15 is 0 Å². The van der Waals surface area contributed by atoms with Crippen LogP contribution in [0.5, 0.6) is 5.75 Å². The summed E-state index contributed by atoms with van der Waals surface area (Å²) in [7, 11) is 1.73. The van der Waals surface area contributed by atoms with E-state index in [0.717, 1.165) is 5.56 Å². The van der Waals surface area contributed by atoms with Gasteiger partial charge in [-0.1, -0.05) is 36.4 Å². The van der Waals surface area contributed by atoms with Gasteiger partial charge in [0.25, 0.3) is 5.91 Å². The first-order valence-corrected chi connectivity index (χ1v) is 7.78. The number of amides is 1. The predicted octanol–water partition coefficient (Wildman–Crippen LogP) is 2.90. The Bertz CT molecular complexity index is 685. The lowest BCUT2D eigenvalue weighted by Crippen LogP contribution is -2.30. The molecule has 0 heterocycles. The van der Waals surface area contributed by atoms with Gasteiger partial charge in [0, 0.05) is 13.6 Å². The summed E-state index contributed by atoms with van der Waals surface area (Å²) >= 11 is 0. The molecule has 0 aliphatic heterocycles. The van der Waals surface area contributed by atoms with Gasteiger partial charge in [-0.3, -0.25) is 4.79 Å². The normalized spacial score (nSPS) is 10.1. The first-order valence-electron chi connectivity index (χ1n) is 7.78. The van der Waals surface area contributed by atoms with Gasteiger partial charge >= 0.3 is 5.97 Å². The van der Waals surface area contributed by atoms with Crippen molar-refractivity contribution in [3.63, 3.8) is 0 Å². The van der Waals surface area contributed by atoms with Crippen LogP contribution in [0, 0.1) is 0 Å². The van der Waals surface area contributed by atoms with E-state index in [9.17, 15) is 9.59 Å². The molecular weight excluding hydrogens is 306 g/mol. The zero-order valence-electron chi connectivity index (χ0n) is 13.9. The molecule has 126 valence electrons. The van der Waals surface area contributed by atoms with E-state index in [-0.39, 0.29) is 12.5 Å². The van der Waals surface area contributed by atoms with Gasteiger partial charge in [0.1, 0.15) is 5.75 Å². The molecule has 0 saturated heterocycles. The maximum atomic E-state index is 12.2. The van der Waals surface area contributed by atoms with Crippen molar-refractivity contribution < 1.29 is 19.1 Å². The standard InChI is InChI=1S/C19H21NO4/c1-3-23-19(22)16-10-7-11-17(12-16)24-14-18(21)20(2)13-15-8-5-4-6-9-15/h4-12H,3,13-14H2,1-2H3. The van der Waals surface area contributed by atoms with Gasteiger partial charge in [-0.15, -0.1) is 0 Å². The van der Waals surface area contributed by atoms with Crippen LogP contribution in [-0.4, -0.2) is 37.0 Å². The Morgan fingerprint density at radius 2 is 1.79 bits per heavy atom. The second-order valence-corrected chi connectivity index (χ2v) is 5.27. The molecular formula is C19H21NO4. The number of esters is 1. The molecule has 0 saturated carbocycles. The number of nitrogens with zero attached hydrogens (tertiary/aromatic N) is 1. The third-order valence-electron chi connectivity index (χ3n) is 3.40. The Labute approximate surface area is 141 Å². The molecule has 0 fully saturated rings. The van der Waals surface area contributed by atoms with Crippen molar-refractivity contribution in [2.75, 3.05) is 20.3 Å². The minimum atomic E-state index is -0.407. The first kappa shape index (κ1) is 17.5. The van der Waals surface area contributed by atoms with Crippen LogP contribution in [-0.2, 0) is 16.1 Å². The van der Waals surface area contributed by atoms with Crippen molar-refractivity contribution in [1.29, 1.82) is 0 Å². The number of benzene rings is 2. The van der Waals surface area contributed by atoms with E-state index in [4.69, 9.17) is 9.47 Å². The number of rotatable bonds is 7. The van der Waals surface area contributed by atoms with Crippen LogP contribution in [0.2, 0.25) is 0 Å².